The lowest BCUT2D eigenvalue weighted by molar-refractivity contribution is -0.291. The third-order valence-corrected chi connectivity index (χ3v) is 5.14. The van der Waals surface area contributed by atoms with E-state index >= 15 is 0 Å². The van der Waals surface area contributed by atoms with Crippen LogP contribution < -0.4 is 4.74 Å². The number of ether oxygens (including phenoxy) is 1. The summed E-state index contributed by atoms with van der Waals surface area (Å²) in [6.45, 7) is 7.09. The average molecular weight is 343 g/mol. The molecule has 6 heteroatoms. The monoisotopic (exact) mass is 343 g/mol. The predicted molar refractivity (Wildman–Crippen MR) is 88.0 cm³/mol. The molecule has 1 saturated carbocycles. The molecular weight excluding hydrogens is 319 g/mol. The van der Waals surface area contributed by atoms with Gasteiger partial charge in [-0.2, -0.15) is 13.2 Å². The maximum atomic E-state index is 14.0. The second kappa shape index (κ2) is 6.75. The Morgan fingerprint density at radius 2 is 1.79 bits per heavy atom. The van der Waals surface area contributed by atoms with Crippen LogP contribution in [0, 0.1) is 18.8 Å². The zero-order chi connectivity index (χ0) is 18.1. The van der Waals surface area contributed by atoms with E-state index in [4.69, 9.17) is 4.74 Å². The Labute approximate surface area is 140 Å². The van der Waals surface area contributed by atoms with Gasteiger partial charge in [-0.25, -0.2) is 0 Å². The van der Waals surface area contributed by atoms with Crippen molar-refractivity contribution in [3.63, 3.8) is 0 Å². The molecule has 1 unspecified atom stereocenters. The molecule has 0 aliphatic heterocycles. The van der Waals surface area contributed by atoms with Crippen LogP contribution in [0.1, 0.15) is 43.7 Å². The first-order valence-electron chi connectivity index (χ1n) is 8.10. The fraction of sp³-hybridized carbons (Fsp3) is 0.611. The van der Waals surface area contributed by atoms with Gasteiger partial charge in [0.2, 0.25) is 0 Å². The molecule has 0 heterocycles. The highest BCUT2D eigenvalue weighted by atomic mass is 19.4. The number of rotatable bonds is 4. The molecule has 3 nitrogen and oxygen atoms in total. The van der Waals surface area contributed by atoms with Gasteiger partial charge in [0.05, 0.1) is 12.8 Å². The number of halogens is 3. The van der Waals surface area contributed by atoms with Crippen LogP contribution in [0.5, 0.6) is 5.75 Å². The van der Waals surface area contributed by atoms with Gasteiger partial charge in [0.15, 0.2) is 5.60 Å². The van der Waals surface area contributed by atoms with Crippen molar-refractivity contribution >= 4 is 12.4 Å². The Bertz CT molecular complexity index is 607. The third-order valence-electron chi connectivity index (χ3n) is 5.14. The van der Waals surface area contributed by atoms with Crippen molar-refractivity contribution in [1.29, 1.82) is 0 Å². The smallest absolute Gasteiger partial charge is 0.421 e. The molecule has 1 aliphatic rings. The number of aliphatic hydroxyl groups is 1. The largest absolute Gasteiger partial charge is 0.496 e. The van der Waals surface area contributed by atoms with E-state index in [2.05, 4.69) is 11.7 Å². The Balaban J connectivity index is 2.60. The van der Waals surface area contributed by atoms with Gasteiger partial charge in [0.25, 0.3) is 0 Å². The second-order valence-electron chi connectivity index (χ2n) is 6.72. The summed E-state index contributed by atoms with van der Waals surface area (Å²) in [4.78, 5) is 3.79. The van der Waals surface area contributed by atoms with Crippen molar-refractivity contribution in [2.45, 2.75) is 51.3 Å². The summed E-state index contributed by atoms with van der Waals surface area (Å²) in [5.74, 6) is -0.513. The molecule has 1 fully saturated rings. The van der Waals surface area contributed by atoms with E-state index in [0.717, 1.165) is 0 Å². The van der Waals surface area contributed by atoms with Crippen LogP contribution in [-0.4, -0.2) is 25.1 Å². The fourth-order valence-electron chi connectivity index (χ4n) is 3.60. The molecule has 1 aliphatic carbocycles. The zero-order valence-electron chi connectivity index (χ0n) is 14.3. The fourth-order valence-corrected chi connectivity index (χ4v) is 3.60. The van der Waals surface area contributed by atoms with Crippen molar-refractivity contribution in [2.24, 2.45) is 16.8 Å². The molecule has 0 bridgehead atoms. The number of benzene rings is 1. The molecular formula is C18H24F3NO2. The first-order valence-corrected chi connectivity index (χ1v) is 8.10. The SMILES string of the molecule is C=Nc1cc(OC)c(C(O)(C2CCC(C)CC2)C(F)(F)F)cc1C. The van der Waals surface area contributed by atoms with Crippen LogP contribution in [0.2, 0.25) is 0 Å². The Kier molecular flexibility index (Phi) is 5.28. The number of methoxy groups -OCH3 is 1. The minimum atomic E-state index is -4.79. The standard InChI is InChI=1S/C18H24F3NO2/c1-11-5-7-13(8-6-11)17(23,18(19,20)21)14-9-12(2)15(22-3)10-16(14)24-4/h9-11,13,23H,3,5-8H2,1-2,4H3. The first kappa shape index (κ1) is 18.8. The van der Waals surface area contributed by atoms with E-state index in [0.29, 0.717) is 42.9 Å². The number of hydrogen-bond acceptors (Lipinski definition) is 3. The summed E-state index contributed by atoms with van der Waals surface area (Å²) < 4.78 is 47.0. The Morgan fingerprint density at radius 1 is 1.21 bits per heavy atom. The summed E-state index contributed by atoms with van der Waals surface area (Å²) in [5.41, 5.74) is -2.20. The molecule has 0 radical (unpaired) electrons. The van der Waals surface area contributed by atoms with Gasteiger partial charge in [0, 0.05) is 17.5 Å². The third kappa shape index (κ3) is 3.16. The van der Waals surface area contributed by atoms with Crippen LogP contribution in [0.25, 0.3) is 0 Å². The summed E-state index contributed by atoms with van der Waals surface area (Å²) >= 11 is 0. The minimum absolute atomic E-state index is 0.0125. The van der Waals surface area contributed by atoms with E-state index in [1.165, 1.54) is 19.2 Å². The maximum absolute atomic E-state index is 14.0. The molecule has 1 aromatic rings. The number of aryl methyl sites for hydroxylation is 1. The molecule has 0 saturated heterocycles. The van der Waals surface area contributed by atoms with Crippen LogP contribution in [0.15, 0.2) is 17.1 Å². The van der Waals surface area contributed by atoms with E-state index in [1.54, 1.807) is 6.92 Å². The van der Waals surface area contributed by atoms with Gasteiger partial charge in [-0.15, -0.1) is 0 Å². The van der Waals surface area contributed by atoms with Gasteiger partial charge in [-0.1, -0.05) is 19.8 Å². The van der Waals surface area contributed by atoms with Crippen LogP contribution in [0.4, 0.5) is 18.9 Å². The number of hydrogen-bond donors (Lipinski definition) is 1. The van der Waals surface area contributed by atoms with Crippen LogP contribution >= 0.6 is 0 Å². The van der Waals surface area contributed by atoms with Crippen molar-refractivity contribution in [3.8, 4) is 5.75 Å². The van der Waals surface area contributed by atoms with E-state index in [1.807, 2.05) is 6.92 Å². The maximum Gasteiger partial charge on any atom is 0.421 e. The lowest BCUT2D eigenvalue weighted by Gasteiger charge is -2.41. The number of alkyl halides is 3. The quantitative estimate of drug-likeness (QED) is 0.789. The van der Waals surface area contributed by atoms with Crippen molar-refractivity contribution in [2.75, 3.05) is 7.11 Å². The highest BCUT2D eigenvalue weighted by molar-refractivity contribution is 5.58. The predicted octanol–water partition coefficient (Wildman–Crippen LogP) is 4.91. The van der Waals surface area contributed by atoms with Crippen molar-refractivity contribution in [3.05, 3.63) is 23.3 Å². The van der Waals surface area contributed by atoms with Gasteiger partial charge in [0.1, 0.15) is 5.75 Å². The minimum Gasteiger partial charge on any atom is -0.496 e. The number of nitrogens with zero attached hydrogens (tertiary/aromatic N) is 1. The second-order valence-corrected chi connectivity index (χ2v) is 6.72. The molecule has 0 amide bonds. The summed E-state index contributed by atoms with van der Waals surface area (Å²) in [5, 5.41) is 10.9. The Morgan fingerprint density at radius 3 is 2.25 bits per heavy atom. The Hall–Kier alpha value is -1.56. The normalized spacial score (nSPS) is 24.3. The summed E-state index contributed by atoms with van der Waals surface area (Å²) in [7, 11) is 1.29. The van der Waals surface area contributed by atoms with E-state index in [9.17, 15) is 18.3 Å². The first-order chi connectivity index (χ1) is 11.1. The molecule has 1 N–H and O–H groups in total. The lowest BCUT2D eigenvalue weighted by Crippen LogP contribution is -2.49. The zero-order valence-corrected chi connectivity index (χ0v) is 14.3. The highest BCUT2D eigenvalue weighted by Crippen LogP contribution is 2.53. The molecule has 1 atom stereocenters. The molecule has 24 heavy (non-hydrogen) atoms. The topological polar surface area (TPSA) is 41.8 Å². The van der Waals surface area contributed by atoms with Gasteiger partial charge in [-0.3, -0.25) is 4.99 Å². The molecule has 134 valence electrons. The van der Waals surface area contributed by atoms with Crippen molar-refractivity contribution < 1.29 is 23.0 Å². The van der Waals surface area contributed by atoms with Crippen LogP contribution in [0.3, 0.4) is 0 Å². The van der Waals surface area contributed by atoms with Gasteiger partial charge < -0.3 is 9.84 Å². The van der Waals surface area contributed by atoms with Crippen molar-refractivity contribution in [1.82, 2.24) is 0 Å². The van der Waals surface area contributed by atoms with Gasteiger partial charge in [-0.05, 0) is 44.0 Å². The molecule has 0 spiro atoms. The molecule has 2 rings (SSSR count). The van der Waals surface area contributed by atoms with Crippen LogP contribution in [-0.2, 0) is 5.60 Å². The highest BCUT2D eigenvalue weighted by Gasteiger charge is 2.60. The molecule has 1 aromatic carbocycles. The lowest BCUT2D eigenvalue weighted by atomic mass is 9.70. The van der Waals surface area contributed by atoms with E-state index < -0.39 is 17.7 Å². The average Bonchev–Trinajstić information content (AvgIpc) is 2.53. The summed E-state index contributed by atoms with van der Waals surface area (Å²) in [6, 6.07) is 2.73. The number of aliphatic imine (C=N–C) groups is 1. The van der Waals surface area contributed by atoms with Gasteiger partial charge >= 0.3 is 6.18 Å². The summed E-state index contributed by atoms with van der Waals surface area (Å²) in [6.07, 6.45) is -2.77. The molecule has 0 aromatic heterocycles. The van der Waals surface area contributed by atoms with E-state index in [-0.39, 0.29) is 11.3 Å².